The first kappa shape index (κ1) is 16.9. The first-order valence-electron chi connectivity index (χ1n) is 7.92. The molecule has 1 saturated carbocycles. The Morgan fingerprint density at radius 2 is 2.09 bits per heavy atom. The summed E-state index contributed by atoms with van der Waals surface area (Å²) in [5.41, 5.74) is 1.00. The van der Waals surface area contributed by atoms with Crippen LogP contribution in [0.15, 0.2) is 24.3 Å². The van der Waals surface area contributed by atoms with Gasteiger partial charge in [-0.1, -0.05) is 18.6 Å². The maximum atomic E-state index is 12.8. The van der Waals surface area contributed by atoms with Gasteiger partial charge in [-0.15, -0.1) is 0 Å². The van der Waals surface area contributed by atoms with Crippen molar-refractivity contribution in [2.24, 2.45) is 5.92 Å². The smallest absolute Gasteiger partial charge is 0.234 e. The standard InChI is InChI=1S/C17H25FN2O2/c1-20(11-14-3-2-4-16(14)21)12-17(22)19-10-9-13-5-7-15(18)8-6-13/h5-8,14,16,21H,2-4,9-12H2,1H3,(H,19,22). The number of halogens is 1. The van der Waals surface area contributed by atoms with Crippen LogP contribution in [0.5, 0.6) is 0 Å². The average Bonchev–Trinajstić information content (AvgIpc) is 2.86. The second-order valence-electron chi connectivity index (χ2n) is 6.18. The van der Waals surface area contributed by atoms with Gasteiger partial charge in [-0.3, -0.25) is 9.69 Å². The number of rotatable bonds is 7. The summed E-state index contributed by atoms with van der Waals surface area (Å²) in [6, 6.07) is 6.32. The van der Waals surface area contributed by atoms with Gasteiger partial charge in [0, 0.05) is 13.1 Å². The van der Waals surface area contributed by atoms with Crippen LogP contribution in [-0.2, 0) is 11.2 Å². The molecule has 0 aliphatic heterocycles. The number of aliphatic hydroxyl groups excluding tert-OH is 1. The lowest BCUT2D eigenvalue weighted by molar-refractivity contribution is -0.122. The van der Waals surface area contributed by atoms with Gasteiger partial charge < -0.3 is 10.4 Å². The van der Waals surface area contributed by atoms with Crippen molar-refractivity contribution in [3.05, 3.63) is 35.6 Å². The Morgan fingerprint density at radius 1 is 1.36 bits per heavy atom. The van der Waals surface area contributed by atoms with Crippen LogP contribution in [-0.4, -0.2) is 48.7 Å². The van der Waals surface area contributed by atoms with Gasteiger partial charge in [-0.05, 0) is 49.9 Å². The summed E-state index contributed by atoms with van der Waals surface area (Å²) in [6.45, 7) is 1.64. The highest BCUT2D eigenvalue weighted by Gasteiger charge is 2.26. The molecule has 4 nitrogen and oxygen atoms in total. The van der Waals surface area contributed by atoms with E-state index < -0.39 is 0 Å². The maximum Gasteiger partial charge on any atom is 0.234 e. The molecule has 5 heteroatoms. The predicted molar refractivity (Wildman–Crippen MR) is 84.0 cm³/mol. The van der Waals surface area contributed by atoms with Gasteiger partial charge in [-0.25, -0.2) is 4.39 Å². The summed E-state index contributed by atoms with van der Waals surface area (Å²) < 4.78 is 12.8. The lowest BCUT2D eigenvalue weighted by Gasteiger charge is -2.22. The molecule has 1 aromatic rings. The molecule has 0 spiro atoms. The molecule has 0 aromatic heterocycles. The van der Waals surface area contributed by atoms with E-state index in [9.17, 15) is 14.3 Å². The number of hydrogen-bond donors (Lipinski definition) is 2. The number of aliphatic hydroxyl groups is 1. The second-order valence-corrected chi connectivity index (χ2v) is 6.18. The first-order chi connectivity index (χ1) is 10.5. The normalized spacial score (nSPS) is 21.3. The number of hydrogen-bond acceptors (Lipinski definition) is 3. The monoisotopic (exact) mass is 308 g/mol. The van der Waals surface area contributed by atoms with Gasteiger partial charge in [0.2, 0.25) is 5.91 Å². The Balaban J connectivity index is 1.63. The zero-order valence-electron chi connectivity index (χ0n) is 13.1. The molecule has 0 saturated heterocycles. The average molecular weight is 308 g/mol. The Bertz CT molecular complexity index is 478. The summed E-state index contributed by atoms with van der Waals surface area (Å²) in [7, 11) is 1.91. The highest BCUT2D eigenvalue weighted by atomic mass is 19.1. The molecule has 1 fully saturated rings. The number of nitrogens with zero attached hydrogens (tertiary/aromatic N) is 1. The zero-order valence-corrected chi connectivity index (χ0v) is 13.1. The number of likely N-dealkylation sites (N-methyl/N-ethyl adjacent to an activating group) is 1. The summed E-state index contributed by atoms with van der Waals surface area (Å²) in [5, 5.41) is 12.7. The number of carbonyl (C=O) groups excluding carboxylic acids is 1. The molecular formula is C17H25FN2O2. The highest BCUT2D eigenvalue weighted by molar-refractivity contribution is 5.77. The lowest BCUT2D eigenvalue weighted by Crippen LogP contribution is -2.39. The third-order valence-corrected chi connectivity index (χ3v) is 4.23. The third-order valence-electron chi connectivity index (χ3n) is 4.23. The predicted octanol–water partition coefficient (Wildman–Crippen LogP) is 1.58. The van der Waals surface area contributed by atoms with Gasteiger partial charge in [0.1, 0.15) is 5.82 Å². The van der Waals surface area contributed by atoms with Gasteiger partial charge in [0.25, 0.3) is 0 Å². The maximum absolute atomic E-state index is 12.8. The van der Waals surface area contributed by atoms with Crippen LogP contribution in [0.3, 0.4) is 0 Å². The van der Waals surface area contributed by atoms with Crippen molar-refractivity contribution in [2.45, 2.75) is 31.8 Å². The van der Waals surface area contributed by atoms with Gasteiger partial charge in [0.15, 0.2) is 0 Å². The van der Waals surface area contributed by atoms with Crippen molar-refractivity contribution < 1.29 is 14.3 Å². The first-order valence-corrected chi connectivity index (χ1v) is 7.92. The van der Waals surface area contributed by atoms with Gasteiger partial charge >= 0.3 is 0 Å². The Hall–Kier alpha value is -1.46. The molecule has 2 atom stereocenters. The summed E-state index contributed by atoms with van der Waals surface area (Å²) >= 11 is 0. The molecule has 2 rings (SSSR count). The summed E-state index contributed by atoms with van der Waals surface area (Å²) in [4.78, 5) is 13.8. The molecule has 1 aromatic carbocycles. The van der Waals surface area contributed by atoms with E-state index in [1.165, 1.54) is 12.1 Å². The van der Waals surface area contributed by atoms with Crippen molar-refractivity contribution in [2.75, 3.05) is 26.7 Å². The van der Waals surface area contributed by atoms with Crippen molar-refractivity contribution in [1.82, 2.24) is 10.2 Å². The molecule has 0 heterocycles. The molecule has 2 N–H and O–H groups in total. The van der Waals surface area contributed by atoms with E-state index in [0.717, 1.165) is 31.4 Å². The molecule has 22 heavy (non-hydrogen) atoms. The highest BCUT2D eigenvalue weighted by Crippen LogP contribution is 2.25. The van der Waals surface area contributed by atoms with E-state index in [4.69, 9.17) is 0 Å². The van der Waals surface area contributed by atoms with Crippen molar-refractivity contribution in [3.8, 4) is 0 Å². The summed E-state index contributed by atoms with van der Waals surface area (Å²) in [6.07, 6.45) is 3.46. The fourth-order valence-corrected chi connectivity index (χ4v) is 2.99. The topological polar surface area (TPSA) is 52.6 Å². The van der Waals surface area contributed by atoms with Crippen LogP contribution in [0.2, 0.25) is 0 Å². The number of nitrogens with one attached hydrogen (secondary N) is 1. The fraction of sp³-hybridized carbons (Fsp3) is 0.588. The minimum atomic E-state index is -0.247. The van der Waals surface area contributed by atoms with Crippen LogP contribution in [0, 0.1) is 11.7 Å². The number of carbonyl (C=O) groups is 1. The minimum absolute atomic E-state index is 0.0166. The summed E-state index contributed by atoms with van der Waals surface area (Å²) in [5.74, 6) is 0.0256. The molecule has 0 bridgehead atoms. The Morgan fingerprint density at radius 3 is 2.73 bits per heavy atom. The van der Waals surface area contributed by atoms with Crippen LogP contribution in [0.25, 0.3) is 0 Å². The largest absolute Gasteiger partial charge is 0.393 e. The van der Waals surface area contributed by atoms with Crippen LogP contribution < -0.4 is 5.32 Å². The van der Waals surface area contributed by atoms with Crippen LogP contribution in [0.4, 0.5) is 4.39 Å². The Labute approximate surface area is 131 Å². The van der Waals surface area contributed by atoms with E-state index in [0.29, 0.717) is 19.5 Å². The molecule has 1 amide bonds. The number of benzene rings is 1. The van der Waals surface area contributed by atoms with Gasteiger partial charge in [-0.2, -0.15) is 0 Å². The number of amides is 1. The molecule has 122 valence electrons. The van der Waals surface area contributed by atoms with E-state index >= 15 is 0 Å². The molecular weight excluding hydrogens is 283 g/mol. The van der Waals surface area contributed by atoms with E-state index in [2.05, 4.69) is 5.32 Å². The van der Waals surface area contributed by atoms with E-state index in [1.54, 1.807) is 12.1 Å². The van der Waals surface area contributed by atoms with Crippen LogP contribution in [0.1, 0.15) is 24.8 Å². The molecule has 1 aliphatic rings. The molecule has 1 aliphatic carbocycles. The second kappa shape index (κ2) is 8.25. The minimum Gasteiger partial charge on any atom is -0.393 e. The molecule has 0 radical (unpaired) electrons. The van der Waals surface area contributed by atoms with Crippen molar-refractivity contribution in [1.29, 1.82) is 0 Å². The quantitative estimate of drug-likeness (QED) is 0.804. The van der Waals surface area contributed by atoms with Crippen LogP contribution >= 0.6 is 0 Å². The Kier molecular flexibility index (Phi) is 6.34. The lowest BCUT2D eigenvalue weighted by atomic mass is 10.1. The zero-order chi connectivity index (χ0) is 15.9. The van der Waals surface area contributed by atoms with Gasteiger partial charge in [0.05, 0.1) is 12.6 Å². The van der Waals surface area contributed by atoms with E-state index in [-0.39, 0.29) is 23.7 Å². The van der Waals surface area contributed by atoms with Crippen molar-refractivity contribution in [3.63, 3.8) is 0 Å². The fourth-order valence-electron chi connectivity index (χ4n) is 2.99. The SMILES string of the molecule is CN(CC(=O)NCCc1ccc(F)cc1)CC1CCCC1O. The molecule has 2 unspecified atom stereocenters. The third kappa shape index (κ3) is 5.39. The van der Waals surface area contributed by atoms with Crippen molar-refractivity contribution >= 4 is 5.91 Å². The van der Waals surface area contributed by atoms with E-state index in [1.807, 2.05) is 11.9 Å².